The summed E-state index contributed by atoms with van der Waals surface area (Å²) in [6.45, 7) is 4.78. The van der Waals surface area contributed by atoms with Crippen molar-refractivity contribution in [3.05, 3.63) is 65.9 Å². The molecule has 1 atom stereocenters. The van der Waals surface area contributed by atoms with Gasteiger partial charge in [-0.25, -0.2) is 0 Å². The van der Waals surface area contributed by atoms with Crippen LogP contribution in [0.4, 0.5) is 0 Å². The Morgan fingerprint density at radius 3 is 2.62 bits per heavy atom. The van der Waals surface area contributed by atoms with Crippen LogP contribution in [-0.2, 0) is 24.2 Å². The van der Waals surface area contributed by atoms with Gasteiger partial charge in [0.15, 0.2) is 5.16 Å². The molecule has 0 N–H and O–H groups in total. The molecule has 0 amide bonds. The molecule has 0 saturated carbocycles. The van der Waals surface area contributed by atoms with Crippen LogP contribution in [0.5, 0.6) is 0 Å². The number of furan rings is 1. The second-order valence-corrected chi connectivity index (χ2v) is 9.86. The zero-order valence-electron chi connectivity index (χ0n) is 18.6. The van der Waals surface area contributed by atoms with Gasteiger partial charge in [0.2, 0.25) is 0 Å². The Morgan fingerprint density at radius 2 is 1.88 bits per heavy atom. The van der Waals surface area contributed by atoms with Crippen LogP contribution in [0.1, 0.15) is 48.7 Å². The fourth-order valence-corrected chi connectivity index (χ4v) is 5.69. The van der Waals surface area contributed by atoms with E-state index in [9.17, 15) is 0 Å². The van der Waals surface area contributed by atoms with Crippen LogP contribution in [0, 0.1) is 0 Å². The van der Waals surface area contributed by atoms with Crippen LogP contribution in [0.15, 0.2) is 58.3 Å². The summed E-state index contributed by atoms with van der Waals surface area (Å²) in [5.41, 5.74) is 1.37. The van der Waals surface area contributed by atoms with E-state index in [4.69, 9.17) is 14.3 Å². The number of rotatable bonds is 9. The van der Waals surface area contributed by atoms with Gasteiger partial charge in [-0.15, -0.1) is 10.2 Å². The van der Waals surface area contributed by atoms with Crippen LogP contribution in [0.25, 0.3) is 0 Å². The lowest BCUT2D eigenvalue weighted by molar-refractivity contribution is 0.0931. The summed E-state index contributed by atoms with van der Waals surface area (Å²) in [4.78, 5) is 2.48. The Balaban J connectivity index is 1.24. The maximum atomic E-state index is 5.97. The smallest absolute Gasteiger partial charge is 0.191 e. The molecule has 4 heterocycles. The lowest BCUT2D eigenvalue weighted by Crippen LogP contribution is -2.33. The molecule has 7 heteroatoms. The average Bonchev–Trinajstić information content (AvgIpc) is 3.59. The van der Waals surface area contributed by atoms with Gasteiger partial charge in [0, 0.05) is 18.3 Å². The number of ether oxygens (including phenoxy) is 1. The molecule has 2 aromatic heterocycles. The molecule has 0 bridgehead atoms. The van der Waals surface area contributed by atoms with Gasteiger partial charge in [0.25, 0.3) is 0 Å². The molecule has 2 fully saturated rings. The molecular formula is C25H32N4O2S. The van der Waals surface area contributed by atoms with E-state index in [1.165, 1.54) is 5.56 Å². The van der Waals surface area contributed by atoms with Crippen LogP contribution >= 0.6 is 11.8 Å². The predicted octanol–water partition coefficient (Wildman–Crippen LogP) is 4.76. The van der Waals surface area contributed by atoms with Gasteiger partial charge in [0.1, 0.15) is 11.6 Å². The van der Waals surface area contributed by atoms with E-state index < -0.39 is 0 Å². The van der Waals surface area contributed by atoms with Crippen LogP contribution in [-0.4, -0.2) is 51.2 Å². The van der Waals surface area contributed by atoms with Gasteiger partial charge in [-0.3, -0.25) is 4.90 Å². The second-order valence-electron chi connectivity index (χ2n) is 8.80. The highest BCUT2D eigenvalue weighted by Crippen LogP contribution is 2.31. The minimum Gasteiger partial charge on any atom is -0.468 e. The third-order valence-corrected chi connectivity index (χ3v) is 7.50. The lowest BCUT2D eigenvalue weighted by atomic mass is 9.95. The quantitative estimate of drug-likeness (QED) is 0.436. The molecule has 32 heavy (non-hydrogen) atoms. The molecule has 0 radical (unpaired) electrons. The Hall–Kier alpha value is -2.09. The van der Waals surface area contributed by atoms with E-state index >= 15 is 0 Å². The van der Waals surface area contributed by atoms with Gasteiger partial charge in [-0.1, -0.05) is 42.1 Å². The molecule has 2 saturated heterocycles. The largest absolute Gasteiger partial charge is 0.468 e. The predicted molar refractivity (Wildman–Crippen MR) is 126 cm³/mol. The third kappa shape index (κ3) is 5.45. The van der Waals surface area contributed by atoms with E-state index in [2.05, 4.69) is 51.0 Å². The second kappa shape index (κ2) is 10.7. The van der Waals surface area contributed by atoms with Gasteiger partial charge >= 0.3 is 0 Å². The van der Waals surface area contributed by atoms with Gasteiger partial charge < -0.3 is 13.7 Å². The fourth-order valence-electron chi connectivity index (χ4n) is 4.75. The highest BCUT2D eigenvalue weighted by molar-refractivity contribution is 7.99. The molecule has 0 unspecified atom stereocenters. The van der Waals surface area contributed by atoms with E-state index in [0.29, 0.717) is 5.92 Å². The summed E-state index contributed by atoms with van der Waals surface area (Å²) in [5.74, 6) is 3.66. The number of piperidine rings is 1. The number of likely N-dealkylation sites (tertiary alicyclic amines) is 1. The maximum absolute atomic E-state index is 5.97. The molecule has 1 aromatic carbocycles. The average molecular weight is 453 g/mol. The summed E-state index contributed by atoms with van der Waals surface area (Å²) in [6, 6.07) is 14.7. The molecule has 6 nitrogen and oxygen atoms in total. The summed E-state index contributed by atoms with van der Waals surface area (Å²) >= 11 is 1.82. The van der Waals surface area contributed by atoms with Crippen LogP contribution in [0.2, 0.25) is 0 Å². The Morgan fingerprint density at radius 1 is 1.00 bits per heavy atom. The van der Waals surface area contributed by atoms with Crippen molar-refractivity contribution in [2.45, 2.75) is 62.4 Å². The Bertz CT molecular complexity index is 946. The first kappa shape index (κ1) is 21.7. The van der Waals surface area contributed by atoms with Crippen molar-refractivity contribution in [3.8, 4) is 0 Å². The normalized spacial score (nSPS) is 20.2. The van der Waals surface area contributed by atoms with Crippen LogP contribution < -0.4 is 0 Å². The highest BCUT2D eigenvalue weighted by Gasteiger charge is 2.28. The van der Waals surface area contributed by atoms with E-state index in [1.54, 1.807) is 6.26 Å². The molecule has 2 aliphatic heterocycles. The Labute approximate surface area is 194 Å². The van der Waals surface area contributed by atoms with Gasteiger partial charge in [-0.2, -0.15) is 0 Å². The molecule has 170 valence electrons. The first-order valence-corrected chi connectivity index (χ1v) is 12.8. The standard InChI is InChI=1S/C25H32N4O2S/c1-2-6-20(7-3-1)12-17-32-25-27-26-24(29(25)19-23-9-5-16-31-23)21-10-13-28(14-11-21)18-22-8-4-15-30-22/h1-4,6-8,15,21,23H,5,9-14,16-19H2/t23-/m0/s1. The topological polar surface area (TPSA) is 56.3 Å². The van der Waals surface area contributed by atoms with Gasteiger partial charge in [-0.05, 0) is 62.9 Å². The zero-order valence-corrected chi connectivity index (χ0v) is 19.4. The molecule has 2 aliphatic rings. The first-order valence-electron chi connectivity index (χ1n) is 11.8. The van der Waals surface area contributed by atoms with Crippen molar-refractivity contribution in [2.24, 2.45) is 0 Å². The third-order valence-electron chi connectivity index (χ3n) is 6.53. The monoisotopic (exact) mass is 452 g/mol. The molecule has 3 aromatic rings. The SMILES string of the molecule is c1ccc(CCSc2nnc(C3CCN(Cc4ccco4)CC3)n2C[C@@H]2CCCO2)cc1. The van der Waals surface area contributed by atoms with Crippen molar-refractivity contribution in [2.75, 3.05) is 25.4 Å². The zero-order chi connectivity index (χ0) is 21.6. The summed E-state index contributed by atoms with van der Waals surface area (Å²) < 4.78 is 13.9. The van der Waals surface area contributed by atoms with E-state index in [-0.39, 0.29) is 6.10 Å². The van der Waals surface area contributed by atoms with Crippen LogP contribution in [0.3, 0.4) is 0 Å². The Kier molecular flexibility index (Phi) is 7.26. The number of hydrogen-bond acceptors (Lipinski definition) is 6. The number of aromatic nitrogens is 3. The molecule has 0 spiro atoms. The first-order chi connectivity index (χ1) is 15.8. The molecular weight excluding hydrogens is 420 g/mol. The number of thioether (sulfide) groups is 1. The van der Waals surface area contributed by atoms with E-state index in [1.807, 2.05) is 17.8 Å². The minimum absolute atomic E-state index is 0.289. The number of benzene rings is 1. The molecule has 5 rings (SSSR count). The van der Waals surface area contributed by atoms with Crippen molar-refractivity contribution in [1.29, 1.82) is 0 Å². The fraction of sp³-hybridized carbons (Fsp3) is 0.520. The summed E-state index contributed by atoms with van der Waals surface area (Å²) in [6.07, 6.45) is 7.60. The number of hydrogen-bond donors (Lipinski definition) is 0. The van der Waals surface area contributed by atoms with Crippen molar-refractivity contribution < 1.29 is 9.15 Å². The highest BCUT2D eigenvalue weighted by atomic mass is 32.2. The summed E-state index contributed by atoms with van der Waals surface area (Å²) in [5, 5.41) is 10.4. The van der Waals surface area contributed by atoms with Gasteiger partial charge in [0.05, 0.1) is 25.5 Å². The number of aryl methyl sites for hydroxylation is 1. The van der Waals surface area contributed by atoms with E-state index in [0.717, 1.165) is 87.4 Å². The minimum atomic E-state index is 0.289. The van der Waals surface area contributed by atoms with Crippen molar-refractivity contribution in [3.63, 3.8) is 0 Å². The van der Waals surface area contributed by atoms with Crippen molar-refractivity contribution >= 4 is 11.8 Å². The summed E-state index contributed by atoms with van der Waals surface area (Å²) in [7, 11) is 0. The number of nitrogens with zero attached hydrogens (tertiary/aromatic N) is 4. The maximum Gasteiger partial charge on any atom is 0.191 e. The lowest BCUT2D eigenvalue weighted by Gasteiger charge is -2.31. The van der Waals surface area contributed by atoms with Crippen molar-refractivity contribution in [1.82, 2.24) is 19.7 Å². The molecule has 0 aliphatic carbocycles.